The van der Waals surface area contributed by atoms with E-state index in [2.05, 4.69) is 17.1 Å². The summed E-state index contributed by atoms with van der Waals surface area (Å²) in [5.41, 5.74) is 0.734. The lowest BCUT2D eigenvalue weighted by molar-refractivity contribution is 0.0705. The molecular formula is C17H23ClN2OS. The smallest absolute Gasteiger partial charge is 0.253 e. The second kappa shape index (κ2) is 7.71. The van der Waals surface area contributed by atoms with Crippen molar-refractivity contribution in [3.8, 4) is 0 Å². The molecule has 0 bridgehead atoms. The number of hydrogen-bond acceptors (Lipinski definition) is 3. The minimum absolute atomic E-state index is 0.126. The molecule has 22 heavy (non-hydrogen) atoms. The van der Waals surface area contributed by atoms with Crippen molar-refractivity contribution in [3.05, 3.63) is 34.9 Å². The van der Waals surface area contributed by atoms with Gasteiger partial charge in [-0.3, -0.25) is 4.79 Å². The average Bonchev–Trinajstić information content (AvgIpc) is 3.07. The molecule has 0 saturated carbocycles. The first-order chi connectivity index (χ1) is 10.7. The molecule has 3 rings (SSSR count). The summed E-state index contributed by atoms with van der Waals surface area (Å²) in [6.07, 6.45) is 4.82. The van der Waals surface area contributed by atoms with Crippen molar-refractivity contribution in [2.45, 2.75) is 37.0 Å². The summed E-state index contributed by atoms with van der Waals surface area (Å²) < 4.78 is 0. The van der Waals surface area contributed by atoms with Gasteiger partial charge in [-0.15, -0.1) is 0 Å². The quantitative estimate of drug-likeness (QED) is 0.912. The van der Waals surface area contributed by atoms with Gasteiger partial charge in [0.15, 0.2) is 0 Å². The molecule has 0 spiro atoms. The van der Waals surface area contributed by atoms with E-state index in [0.29, 0.717) is 11.1 Å². The third kappa shape index (κ3) is 4.18. The maximum absolute atomic E-state index is 12.4. The molecular weight excluding hydrogens is 316 g/mol. The molecule has 2 fully saturated rings. The second-order valence-corrected chi connectivity index (χ2v) is 7.96. The van der Waals surface area contributed by atoms with Crippen molar-refractivity contribution in [3.63, 3.8) is 0 Å². The number of halogens is 1. The van der Waals surface area contributed by atoms with E-state index in [9.17, 15) is 4.79 Å². The Labute approximate surface area is 141 Å². The van der Waals surface area contributed by atoms with Crippen LogP contribution in [0.15, 0.2) is 24.3 Å². The van der Waals surface area contributed by atoms with E-state index in [-0.39, 0.29) is 5.91 Å². The van der Waals surface area contributed by atoms with Crippen LogP contribution < -0.4 is 5.32 Å². The molecule has 0 aromatic heterocycles. The predicted octanol–water partition coefficient (Wildman–Crippen LogP) is 3.43. The summed E-state index contributed by atoms with van der Waals surface area (Å²) >= 11 is 7.97. The highest BCUT2D eigenvalue weighted by molar-refractivity contribution is 8.00. The fourth-order valence-electron chi connectivity index (χ4n) is 3.17. The molecule has 0 radical (unpaired) electrons. The van der Waals surface area contributed by atoms with Crippen molar-refractivity contribution < 1.29 is 4.79 Å². The Morgan fingerprint density at radius 1 is 1.23 bits per heavy atom. The number of amides is 1. The van der Waals surface area contributed by atoms with Gasteiger partial charge >= 0.3 is 0 Å². The van der Waals surface area contributed by atoms with Gasteiger partial charge in [0.2, 0.25) is 0 Å². The lowest BCUT2D eigenvalue weighted by Crippen LogP contribution is -2.46. The molecule has 1 amide bonds. The Hall–Kier alpha value is -0.710. The third-order valence-electron chi connectivity index (χ3n) is 4.53. The standard InChI is InChI=1S/C17H23ClN2OS/c18-14-5-3-13(4-6-14)17(21)20-9-7-15(8-10-20)19-12-16-2-1-11-22-16/h3-6,15-16,19H,1-2,7-12H2. The zero-order valence-corrected chi connectivity index (χ0v) is 14.3. The maximum atomic E-state index is 12.4. The molecule has 2 saturated heterocycles. The summed E-state index contributed by atoms with van der Waals surface area (Å²) in [6, 6.07) is 7.75. The number of nitrogens with zero attached hydrogens (tertiary/aromatic N) is 1. The second-order valence-electron chi connectivity index (χ2n) is 6.12. The van der Waals surface area contributed by atoms with Crippen molar-refractivity contribution in [2.75, 3.05) is 25.4 Å². The van der Waals surface area contributed by atoms with Crippen LogP contribution in [0.25, 0.3) is 0 Å². The molecule has 120 valence electrons. The van der Waals surface area contributed by atoms with Crippen molar-refractivity contribution in [2.24, 2.45) is 0 Å². The van der Waals surface area contributed by atoms with Crippen LogP contribution in [0, 0.1) is 0 Å². The van der Waals surface area contributed by atoms with Gasteiger partial charge in [0, 0.05) is 41.5 Å². The number of benzene rings is 1. The molecule has 0 aliphatic carbocycles. The Balaban J connectivity index is 1.44. The van der Waals surface area contributed by atoms with E-state index >= 15 is 0 Å². The Kier molecular flexibility index (Phi) is 5.66. The Bertz CT molecular complexity index is 494. The highest BCUT2D eigenvalue weighted by Gasteiger charge is 2.24. The van der Waals surface area contributed by atoms with Gasteiger partial charge < -0.3 is 10.2 Å². The maximum Gasteiger partial charge on any atom is 0.253 e. The van der Waals surface area contributed by atoms with E-state index < -0.39 is 0 Å². The van der Waals surface area contributed by atoms with Gasteiger partial charge in [-0.1, -0.05) is 11.6 Å². The molecule has 1 N–H and O–H groups in total. The lowest BCUT2D eigenvalue weighted by atomic mass is 10.0. The number of likely N-dealkylation sites (tertiary alicyclic amines) is 1. The molecule has 2 aliphatic heterocycles. The molecule has 2 aliphatic rings. The molecule has 2 heterocycles. The van der Waals surface area contributed by atoms with Crippen LogP contribution in [0.5, 0.6) is 0 Å². The van der Waals surface area contributed by atoms with E-state index in [4.69, 9.17) is 11.6 Å². The van der Waals surface area contributed by atoms with Crippen molar-refractivity contribution >= 4 is 29.3 Å². The van der Waals surface area contributed by atoms with E-state index in [1.54, 1.807) is 12.1 Å². The Morgan fingerprint density at radius 2 is 1.95 bits per heavy atom. The van der Waals surface area contributed by atoms with Crippen molar-refractivity contribution in [1.29, 1.82) is 0 Å². The summed E-state index contributed by atoms with van der Waals surface area (Å²) in [5.74, 6) is 1.45. The van der Waals surface area contributed by atoms with Crippen LogP contribution >= 0.6 is 23.4 Å². The monoisotopic (exact) mass is 338 g/mol. The summed E-state index contributed by atoms with van der Waals surface area (Å²) in [5, 5.41) is 5.16. The van der Waals surface area contributed by atoms with E-state index in [1.165, 1.54) is 18.6 Å². The number of carbonyl (C=O) groups is 1. The first-order valence-corrected chi connectivity index (χ1v) is 9.55. The van der Waals surface area contributed by atoms with Gasteiger partial charge in [-0.25, -0.2) is 0 Å². The predicted molar refractivity (Wildman–Crippen MR) is 93.9 cm³/mol. The van der Waals surface area contributed by atoms with Crippen LogP contribution in [0.2, 0.25) is 5.02 Å². The van der Waals surface area contributed by atoms with Crippen LogP contribution in [0.4, 0.5) is 0 Å². The minimum atomic E-state index is 0.126. The summed E-state index contributed by atoms with van der Waals surface area (Å²) in [4.78, 5) is 14.4. The van der Waals surface area contributed by atoms with Crippen LogP contribution in [-0.4, -0.2) is 47.5 Å². The lowest BCUT2D eigenvalue weighted by Gasteiger charge is -2.33. The SMILES string of the molecule is O=C(c1ccc(Cl)cc1)N1CCC(NCC2CCCS2)CC1. The number of thioether (sulfide) groups is 1. The highest BCUT2D eigenvalue weighted by atomic mass is 35.5. The topological polar surface area (TPSA) is 32.3 Å². The average molecular weight is 339 g/mol. The fourth-order valence-corrected chi connectivity index (χ4v) is 4.51. The van der Waals surface area contributed by atoms with Gasteiger partial charge in [-0.2, -0.15) is 11.8 Å². The molecule has 1 aromatic carbocycles. The van der Waals surface area contributed by atoms with Crippen LogP contribution in [0.1, 0.15) is 36.0 Å². The van der Waals surface area contributed by atoms with Gasteiger partial charge in [0.05, 0.1) is 0 Å². The molecule has 1 atom stereocenters. The molecule has 1 aromatic rings. The van der Waals surface area contributed by atoms with Gasteiger partial charge in [0.1, 0.15) is 0 Å². The number of hydrogen-bond donors (Lipinski definition) is 1. The largest absolute Gasteiger partial charge is 0.339 e. The zero-order chi connectivity index (χ0) is 15.4. The number of piperidine rings is 1. The molecule has 1 unspecified atom stereocenters. The zero-order valence-electron chi connectivity index (χ0n) is 12.8. The van der Waals surface area contributed by atoms with Crippen LogP contribution in [-0.2, 0) is 0 Å². The minimum Gasteiger partial charge on any atom is -0.339 e. The number of rotatable bonds is 4. The number of carbonyl (C=O) groups excluding carboxylic acids is 1. The van der Waals surface area contributed by atoms with E-state index in [0.717, 1.165) is 43.3 Å². The summed E-state index contributed by atoms with van der Waals surface area (Å²) in [6.45, 7) is 2.81. The van der Waals surface area contributed by atoms with Gasteiger partial charge in [0.25, 0.3) is 5.91 Å². The van der Waals surface area contributed by atoms with Crippen molar-refractivity contribution in [1.82, 2.24) is 10.2 Å². The summed E-state index contributed by atoms with van der Waals surface area (Å²) in [7, 11) is 0. The number of nitrogens with one attached hydrogen (secondary N) is 1. The first kappa shape index (κ1) is 16.2. The van der Waals surface area contributed by atoms with E-state index in [1.807, 2.05) is 17.0 Å². The Morgan fingerprint density at radius 3 is 2.59 bits per heavy atom. The van der Waals surface area contributed by atoms with Gasteiger partial charge in [-0.05, 0) is 55.7 Å². The third-order valence-corrected chi connectivity index (χ3v) is 6.18. The normalized spacial score (nSPS) is 23.0. The van der Waals surface area contributed by atoms with Crippen LogP contribution in [0.3, 0.4) is 0 Å². The molecule has 5 heteroatoms. The first-order valence-electron chi connectivity index (χ1n) is 8.12. The highest BCUT2D eigenvalue weighted by Crippen LogP contribution is 2.25. The fraction of sp³-hybridized carbons (Fsp3) is 0.588. The molecule has 3 nitrogen and oxygen atoms in total.